The fourth-order valence-corrected chi connectivity index (χ4v) is 9.29. The van der Waals surface area contributed by atoms with E-state index in [-0.39, 0.29) is 11.3 Å². The maximum absolute atomic E-state index is 14.4. The molecule has 0 unspecified atom stereocenters. The molecule has 29 heavy (non-hydrogen) atoms. The number of carbonyl (C=O) groups excluding carboxylic acids is 2. The Kier molecular flexibility index (Phi) is 8.77. The van der Waals surface area contributed by atoms with Gasteiger partial charge in [-0.25, -0.2) is 8.78 Å². The number of benzene rings is 1. The summed E-state index contributed by atoms with van der Waals surface area (Å²) in [7, 11) is -2.07. The Morgan fingerprint density at radius 3 is 1.90 bits per heavy atom. The second kappa shape index (κ2) is 10.2. The summed E-state index contributed by atoms with van der Waals surface area (Å²) in [5.74, 6) is -1.32. The molecule has 0 saturated carbocycles. The van der Waals surface area contributed by atoms with Crippen LogP contribution >= 0.6 is 0 Å². The van der Waals surface area contributed by atoms with Crippen LogP contribution in [-0.4, -0.2) is 25.7 Å². The lowest BCUT2D eigenvalue weighted by Gasteiger charge is -2.38. The van der Waals surface area contributed by atoms with Crippen LogP contribution in [-0.2, 0) is 4.79 Å². The molecule has 0 fully saturated rings. The van der Waals surface area contributed by atoms with Gasteiger partial charge in [0.05, 0.1) is 12.8 Å². The number of esters is 1. The number of alkyl halides is 2. The van der Waals surface area contributed by atoms with Crippen molar-refractivity contribution in [2.24, 2.45) is 0 Å². The Labute approximate surface area is 174 Å². The zero-order chi connectivity index (χ0) is 22.4. The van der Waals surface area contributed by atoms with Crippen molar-refractivity contribution in [2.45, 2.75) is 83.9 Å². The predicted octanol–water partition coefficient (Wildman–Crippen LogP) is 6.43. The van der Waals surface area contributed by atoms with E-state index in [4.69, 9.17) is 4.74 Å². The minimum absolute atomic E-state index is 0.156. The molecule has 0 radical (unpaired) electrons. The molecular formula is C23H32F2O3Si. The molecule has 0 aliphatic carbocycles. The first-order valence-corrected chi connectivity index (χ1v) is 12.2. The maximum atomic E-state index is 14.4. The number of halogens is 2. The SMILES string of the molecule is CC(=O)Oc1ccc(C(=O)CC(F)(F)CC#C[Si](C(C)C)(C(C)C)C(C)C)cc1. The van der Waals surface area contributed by atoms with Gasteiger partial charge < -0.3 is 4.74 Å². The Hall–Kier alpha value is -2.00. The van der Waals surface area contributed by atoms with Gasteiger partial charge in [0.15, 0.2) is 5.78 Å². The highest BCUT2D eigenvalue weighted by Gasteiger charge is 2.42. The van der Waals surface area contributed by atoms with Crippen LogP contribution in [0.1, 0.15) is 71.7 Å². The van der Waals surface area contributed by atoms with Crippen molar-refractivity contribution in [2.75, 3.05) is 0 Å². The molecule has 0 bridgehead atoms. The number of hydrogen-bond acceptors (Lipinski definition) is 3. The van der Waals surface area contributed by atoms with Gasteiger partial charge in [0, 0.05) is 12.5 Å². The first kappa shape index (κ1) is 25.0. The van der Waals surface area contributed by atoms with Crippen LogP contribution in [0.25, 0.3) is 0 Å². The lowest BCUT2D eigenvalue weighted by atomic mass is 10.0. The normalized spacial score (nSPS) is 12.1. The Morgan fingerprint density at radius 1 is 1.00 bits per heavy atom. The number of hydrogen-bond donors (Lipinski definition) is 0. The minimum Gasteiger partial charge on any atom is -0.427 e. The summed E-state index contributed by atoms with van der Waals surface area (Å²) in [6, 6.07) is 5.61. The Morgan fingerprint density at radius 2 is 1.48 bits per heavy atom. The number of carbonyl (C=O) groups is 2. The van der Waals surface area contributed by atoms with Crippen molar-refractivity contribution >= 4 is 19.8 Å². The lowest BCUT2D eigenvalue weighted by Crippen LogP contribution is -2.43. The van der Waals surface area contributed by atoms with Crippen LogP contribution in [0.15, 0.2) is 24.3 Å². The van der Waals surface area contributed by atoms with Gasteiger partial charge in [0.2, 0.25) is 0 Å². The average Bonchev–Trinajstić information content (AvgIpc) is 2.57. The van der Waals surface area contributed by atoms with Crippen LogP contribution in [0.4, 0.5) is 8.78 Å². The van der Waals surface area contributed by atoms with Crippen LogP contribution in [0.5, 0.6) is 5.75 Å². The molecule has 3 nitrogen and oxygen atoms in total. The molecule has 0 heterocycles. The van der Waals surface area contributed by atoms with Crippen LogP contribution in [0.3, 0.4) is 0 Å². The van der Waals surface area contributed by atoms with E-state index in [1.54, 1.807) is 0 Å². The van der Waals surface area contributed by atoms with Crippen molar-refractivity contribution in [3.05, 3.63) is 29.8 Å². The zero-order valence-electron chi connectivity index (χ0n) is 18.4. The molecule has 0 spiro atoms. The fourth-order valence-electron chi connectivity index (χ4n) is 4.03. The van der Waals surface area contributed by atoms with Gasteiger partial charge in [-0.05, 0) is 40.9 Å². The van der Waals surface area contributed by atoms with E-state index in [1.165, 1.54) is 31.2 Å². The van der Waals surface area contributed by atoms with Gasteiger partial charge in [0.1, 0.15) is 13.8 Å². The van der Waals surface area contributed by atoms with E-state index >= 15 is 0 Å². The molecule has 0 N–H and O–H groups in total. The lowest BCUT2D eigenvalue weighted by molar-refractivity contribution is -0.131. The Balaban J connectivity index is 2.90. The zero-order valence-corrected chi connectivity index (χ0v) is 19.4. The van der Waals surface area contributed by atoms with Crippen molar-refractivity contribution < 1.29 is 23.1 Å². The van der Waals surface area contributed by atoms with Gasteiger partial charge in [0.25, 0.3) is 5.92 Å². The third-order valence-electron chi connectivity index (χ3n) is 5.37. The topological polar surface area (TPSA) is 43.4 Å². The Bertz CT molecular complexity index is 750. The molecule has 1 rings (SSSR count). The van der Waals surface area contributed by atoms with Gasteiger partial charge in [-0.3, -0.25) is 9.59 Å². The molecule has 1 aromatic rings. The summed E-state index contributed by atoms with van der Waals surface area (Å²) in [4.78, 5) is 23.2. The van der Waals surface area contributed by atoms with Crippen molar-refractivity contribution in [1.82, 2.24) is 0 Å². The van der Waals surface area contributed by atoms with E-state index in [9.17, 15) is 18.4 Å². The summed E-state index contributed by atoms with van der Waals surface area (Å²) in [6.45, 7) is 14.0. The van der Waals surface area contributed by atoms with Gasteiger partial charge in [-0.15, -0.1) is 11.5 Å². The van der Waals surface area contributed by atoms with Crippen LogP contribution < -0.4 is 4.74 Å². The molecule has 0 atom stereocenters. The maximum Gasteiger partial charge on any atom is 0.308 e. The molecule has 0 amide bonds. The minimum atomic E-state index is -3.19. The van der Waals surface area contributed by atoms with Gasteiger partial charge >= 0.3 is 5.97 Å². The van der Waals surface area contributed by atoms with Gasteiger partial charge in [-0.2, -0.15) is 0 Å². The van der Waals surface area contributed by atoms with Crippen molar-refractivity contribution in [3.8, 4) is 17.2 Å². The monoisotopic (exact) mass is 422 g/mol. The third-order valence-corrected chi connectivity index (χ3v) is 11.7. The first-order valence-electron chi connectivity index (χ1n) is 10.0. The number of Topliss-reactive ketones (excluding diaryl/α,β-unsaturated/α-hetero) is 1. The largest absolute Gasteiger partial charge is 0.427 e. The number of ether oxygens (including phenoxy) is 1. The average molecular weight is 423 g/mol. The summed E-state index contributed by atoms with van der Waals surface area (Å²) in [5.41, 5.74) is 4.52. The van der Waals surface area contributed by atoms with Gasteiger partial charge in [-0.1, -0.05) is 41.5 Å². The highest BCUT2D eigenvalue weighted by atomic mass is 28.3. The number of ketones is 1. The molecule has 0 aromatic heterocycles. The highest BCUT2D eigenvalue weighted by molar-refractivity contribution is 6.90. The molecule has 6 heteroatoms. The second-order valence-corrected chi connectivity index (χ2v) is 14.0. The molecule has 160 valence electrons. The highest BCUT2D eigenvalue weighted by Crippen LogP contribution is 2.41. The van der Waals surface area contributed by atoms with E-state index in [1.807, 2.05) is 0 Å². The second-order valence-electron chi connectivity index (χ2n) is 8.45. The van der Waals surface area contributed by atoms with E-state index < -0.39 is 38.6 Å². The van der Waals surface area contributed by atoms with Crippen molar-refractivity contribution in [3.63, 3.8) is 0 Å². The van der Waals surface area contributed by atoms with Crippen LogP contribution in [0.2, 0.25) is 16.6 Å². The van der Waals surface area contributed by atoms with E-state index in [2.05, 4.69) is 53.0 Å². The molecule has 0 aliphatic heterocycles. The quantitative estimate of drug-likeness (QED) is 0.159. The third kappa shape index (κ3) is 6.78. The fraction of sp³-hybridized carbons (Fsp3) is 0.565. The summed E-state index contributed by atoms with van der Waals surface area (Å²) in [5, 5.41) is 0. The van der Waals surface area contributed by atoms with Crippen molar-refractivity contribution in [1.29, 1.82) is 0 Å². The molecule has 1 aromatic carbocycles. The van der Waals surface area contributed by atoms with E-state index in [0.717, 1.165) is 0 Å². The van der Waals surface area contributed by atoms with Crippen LogP contribution in [0, 0.1) is 11.5 Å². The summed E-state index contributed by atoms with van der Waals surface area (Å²) in [6.07, 6.45) is -1.51. The molecular weight excluding hydrogens is 390 g/mol. The summed E-state index contributed by atoms with van der Waals surface area (Å²) < 4.78 is 33.7. The predicted molar refractivity (Wildman–Crippen MR) is 115 cm³/mol. The first-order chi connectivity index (χ1) is 13.3. The molecule has 0 aliphatic rings. The number of rotatable bonds is 8. The smallest absolute Gasteiger partial charge is 0.308 e. The molecule has 0 saturated heterocycles. The van der Waals surface area contributed by atoms with E-state index in [0.29, 0.717) is 16.6 Å². The summed E-state index contributed by atoms with van der Waals surface area (Å²) >= 11 is 0. The standard InChI is InChI=1S/C23H32F2O3Si/c1-16(2)29(17(3)4,18(5)6)14-8-13-23(24,25)15-22(27)20-9-11-21(12-10-20)28-19(7)26/h9-12,16-18H,13,15H2,1-7H3.